The van der Waals surface area contributed by atoms with Gasteiger partial charge < -0.3 is 16.0 Å². The van der Waals surface area contributed by atoms with Gasteiger partial charge in [0.15, 0.2) is 0 Å². The van der Waals surface area contributed by atoms with Crippen molar-refractivity contribution in [3.63, 3.8) is 0 Å². The van der Waals surface area contributed by atoms with Crippen LogP contribution in [0.4, 0.5) is 11.5 Å². The predicted octanol–water partition coefficient (Wildman–Crippen LogP) is 6.04. The molecule has 0 radical (unpaired) electrons. The number of hydrogen-bond donors (Lipinski definition) is 3. The summed E-state index contributed by atoms with van der Waals surface area (Å²) in [5, 5.41) is 13.2. The summed E-state index contributed by atoms with van der Waals surface area (Å²) in [6.07, 6.45) is 8.71. The average Bonchev–Trinajstić information content (AvgIpc) is 3.31. The van der Waals surface area contributed by atoms with Crippen molar-refractivity contribution < 1.29 is 4.79 Å². The highest BCUT2D eigenvalue weighted by atomic mass is 32.1. The van der Waals surface area contributed by atoms with E-state index in [1.807, 2.05) is 24.3 Å². The van der Waals surface area contributed by atoms with Crippen molar-refractivity contribution in [3.8, 4) is 0 Å². The molecular formula is C28H34N4OS. The molecule has 0 spiro atoms. The first-order chi connectivity index (χ1) is 16.6. The minimum Gasteiger partial charge on any atom is -0.369 e. The summed E-state index contributed by atoms with van der Waals surface area (Å²) in [4.78, 5) is 19.3. The Kier molecular flexibility index (Phi) is 6.04. The third kappa shape index (κ3) is 4.71. The maximum absolute atomic E-state index is 13.1. The third-order valence-corrected chi connectivity index (χ3v) is 9.07. The largest absolute Gasteiger partial charge is 0.369 e. The molecule has 4 fully saturated rings. The number of anilines is 2. The van der Waals surface area contributed by atoms with Crippen molar-refractivity contribution in [2.24, 2.45) is 23.2 Å². The Bertz CT molecular complexity index is 1120. The SMILES string of the molecule is O=C(CC12CC3CC(CC(C3)C1)C2)Nc1cccc2nc(NCCNCc3cccs3)ccc12. The molecule has 0 aliphatic heterocycles. The van der Waals surface area contributed by atoms with E-state index in [-0.39, 0.29) is 11.3 Å². The van der Waals surface area contributed by atoms with Crippen LogP contribution in [0.2, 0.25) is 0 Å². The number of hydrogen-bond acceptors (Lipinski definition) is 5. The quantitative estimate of drug-likeness (QED) is 0.331. The minimum absolute atomic E-state index is 0.175. The normalized spacial score (nSPS) is 27.2. The second-order valence-electron chi connectivity index (χ2n) is 10.9. The summed E-state index contributed by atoms with van der Waals surface area (Å²) in [6, 6.07) is 14.3. The Morgan fingerprint density at radius 1 is 0.971 bits per heavy atom. The number of pyridine rings is 1. The van der Waals surface area contributed by atoms with E-state index in [2.05, 4.69) is 39.5 Å². The number of aromatic nitrogens is 1. The van der Waals surface area contributed by atoms with Crippen molar-refractivity contribution in [3.05, 3.63) is 52.7 Å². The molecule has 3 N–H and O–H groups in total. The summed E-state index contributed by atoms with van der Waals surface area (Å²) in [6.45, 7) is 2.58. The van der Waals surface area contributed by atoms with E-state index in [4.69, 9.17) is 4.98 Å². The van der Waals surface area contributed by atoms with Crippen LogP contribution in [0, 0.1) is 23.2 Å². The lowest BCUT2D eigenvalue weighted by Gasteiger charge is -2.56. The van der Waals surface area contributed by atoms with E-state index in [0.717, 1.165) is 59.8 Å². The summed E-state index contributed by atoms with van der Waals surface area (Å²) in [7, 11) is 0. The number of benzene rings is 1. The van der Waals surface area contributed by atoms with Gasteiger partial charge in [0.05, 0.1) is 11.2 Å². The molecule has 5 nitrogen and oxygen atoms in total. The highest BCUT2D eigenvalue weighted by Crippen LogP contribution is 2.61. The molecule has 0 unspecified atom stereocenters. The number of carbonyl (C=O) groups excluding carboxylic acids is 1. The Balaban J connectivity index is 1.06. The smallest absolute Gasteiger partial charge is 0.224 e. The molecular weight excluding hydrogens is 440 g/mol. The molecule has 2 aromatic heterocycles. The van der Waals surface area contributed by atoms with E-state index in [1.54, 1.807) is 11.3 Å². The zero-order valence-corrected chi connectivity index (χ0v) is 20.5. The van der Waals surface area contributed by atoms with Gasteiger partial charge in [-0.25, -0.2) is 4.98 Å². The van der Waals surface area contributed by atoms with Gasteiger partial charge in [-0.05, 0) is 97.4 Å². The van der Waals surface area contributed by atoms with Gasteiger partial charge in [0.25, 0.3) is 0 Å². The summed E-state index contributed by atoms with van der Waals surface area (Å²) in [5.74, 6) is 3.66. The second kappa shape index (κ2) is 9.31. The van der Waals surface area contributed by atoms with E-state index in [1.165, 1.54) is 43.4 Å². The van der Waals surface area contributed by atoms with E-state index in [0.29, 0.717) is 6.42 Å². The first-order valence-electron chi connectivity index (χ1n) is 12.8. The van der Waals surface area contributed by atoms with Gasteiger partial charge in [-0.2, -0.15) is 0 Å². The molecule has 4 saturated carbocycles. The number of amides is 1. The van der Waals surface area contributed by atoms with Crippen molar-refractivity contribution in [2.45, 2.75) is 51.5 Å². The molecule has 4 aliphatic rings. The van der Waals surface area contributed by atoms with Crippen molar-refractivity contribution in [1.82, 2.24) is 10.3 Å². The molecule has 4 aliphatic carbocycles. The lowest BCUT2D eigenvalue weighted by molar-refractivity contribution is -0.124. The molecule has 1 amide bonds. The maximum atomic E-state index is 13.1. The Labute approximate surface area is 205 Å². The first-order valence-corrected chi connectivity index (χ1v) is 13.7. The molecule has 6 heteroatoms. The average molecular weight is 475 g/mol. The van der Waals surface area contributed by atoms with Gasteiger partial charge in [-0.15, -0.1) is 11.3 Å². The Morgan fingerprint density at radius 2 is 1.76 bits per heavy atom. The fourth-order valence-electron chi connectivity index (χ4n) is 7.31. The van der Waals surface area contributed by atoms with Crippen LogP contribution in [0.1, 0.15) is 49.8 Å². The Hall–Kier alpha value is -2.44. The van der Waals surface area contributed by atoms with Gasteiger partial charge in [-0.3, -0.25) is 4.79 Å². The topological polar surface area (TPSA) is 66.0 Å². The number of carbonyl (C=O) groups is 1. The molecule has 1 aromatic carbocycles. The van der Waals surface area contributed by atoms with Crippen LogP contribution in [0.25, 0.3) is 10.9 Å². The molecule has 2 heterocycles. The third-order valence-electron chi connectivity index (χ3n) is 8.19. The number of nitrogens with zero attached hydrogens (tertiary/aromatic N) is 1. The van der Waals surface area contributed by atoms with Crippen LogP contribution in [0.5, 0.6) is 0 Å². The molecule has 4 bridgehead atoms. The van der Waals surface area contributed by atoms with Gasteiger partial charge >= 0.3 is 0 Å². The van der Waals surface area contributed by atoms with Gasteiger partial charge in [0, 0.05) is 36.3 Å². The van der Waals surface area contributed by atoms with Crippen LogP contribution in [-0.2, 0) is 11.3 Å². The van der Waals surface area contributed by atoms with E-state index >= 15 is 0 Å². The highest BCUT2D eigenvalue weighted by molar-refractivity contribution is 7.09. The van der Waals surface area contributed by atoms with Crippen LogP contribution >= 0.6 is 11.3 Å². The maximum Gasteiger partial charge on any atom is 0.224 e. The standard InChI is InChI=1S/C28H34N4OS/c33-27(17-28-14-19-11-20(15-28)13-21(12-19)16-28)32-25-5-1-4-24-23(25)6-7-26(31-24)30-9-8-29-18-22-3-2-10-34-22/h1-7,10,19-21,29H,8-9,11-18H2,(H,30,31)(H,32,33). The number of nitrogens with one attached hydrogen (secondary N) is 3. The van der Waals surface area contributed by atoms with Gasteiger partial charge in [0.2, 0.25) is 5.91 Å². The van der Waals surface area contributed by atoms with E-state index < -0.39 is 0 Å². The zero-order chi connectivity index (χ0) is 23.0. The first kappa shape index (κ1) is 22.1. The lowest BCUT2D eigenvalue weighted by atomic mass is 9.49. The number of rotatable bonds is 9. The summed E-state index contributed by atoms with van der Waals surface area (Å²) < 4.78 is 0. The van der Waals surface area contributed by atoms with Crippen LogP contribution < -0.4 is 16.0 Å². The minimum atomic E-state index is 0.175. The Morgan fingerprint density at radius 3 is 2.50 bits per heavy atom. The number of thiophene rings is 1. The van der Waals surface area contributed by atoms with Crippen LogP contribution in [0.3, 0.4) is 0 Å². The van der Waals surface area contributed by atoms with Gasteiger partial charge in [0.1, 0.15) is 5.82 Å². The zero-order valence-electron chi connectivity index (χ0n) is 19.7. The fourth-order valence-corrected chi connectivity index (χ4v) is 7.98. The lowest BCUT2D eigenvalue weighted by Crippen LogP contribution is -2.47. The van der Waals surface area contributed by atoms with Crippen LogP contribution in [-0.4, -0.2) is 24.0 Å². The summed E-state index contributed by atoms with van der Waals surface area (Å²) >= 11 is 1.77. The molecule has 178 valence electrons. The fraction of sp³-hybridized carbons (Fsp3) is 0.500. The molecule has 0 saturated heterocycles. The molecule has 0 atom stereocenters. The molecule has 34 heavy (non-hydrogen) atoms. The molecule has 7 rings (SSSR count). The van der Waals surface area contributed by atoms with Gasteiger partial charge in [-0.1, -0.05) is 12.1 Å². The molecule has 3 aromatic rings. The number of fused-ring (bicyclic) bond motifs is 1. The predicted molar refractivity (Wildman–Crippen MR) is 140 cm³/mol. The van der Waals surface area contributed by atoms with Crippen molar-refractivity contribution >= 4 is 39.7 Å². The van der Waals surface area contributed by atoms with E-state index in [9.17, 15) is 4.79 Å². The van der Waals surface area contributed by atoms with Crippen molar-refractivity contribution in [1.29, 1.82) is 0 Å². The summed E-state index contributed by atoms with van der Waals surface area (Å²) in [5.41, 5.74) is 2.05. The highest BCUT2D eigenvalue weighted by Gasteiger charge is 2.51. The monoisotopic (exact) mass is 474 g/mol. The van der Waals surface area contributed by atoms with Crippen molar-refractivity contribution in [2.75, 3.05) is 23.7 Å². The second-order valence-corrected chi connectivity index (χ2v) is 11.9. The van der Waals surface area contributed by atoms with Crippen LogP contribution in [0.15, 0.2) is 47.8 Å².